The van der Waals surface area contributed by atoms with Gasteiger partial charge in [-0.1, -0.05) is 48.5 Å². The maximum atomic E-state index is 13.9. The number of alkyl halides is 3. The van der Waals surface area contributed by atoms with Crippen LogP contribution in [0.1, 0.15) is 36.0 Å². The van der Waals surface area contributed by atoms with Gasteiger partial charge in [0.05, 0.1) is 18.1 Å². The summed E-state index contributed by atoms with van der Waals surface area (Å²) < 4.78 is 47.4. The number of carbonyl (C=O) groups is 1. The van der Waals surface area contributed by atoms with Crippen LogP contribution in [0, 0.1) is 0 Å². The van der Waals surface area contributed by atoms with Gasteiger partial charge in [0.25, 0.3) is 0 Å². The Morgan fingerprint density at radius 1 is 0.949 bits per heavy atom. The zero-order chi connectivity index (χ0) is 27.7. The predicted octanol–water partition coefficient (Wildman–Crippen LogP) is 5.97. The Balaban J connectivity index is 1.59. The fourth-order valence-corrected chi connectivity index (χ4v) is 4.37. The van der Waals surface area contributed by atoms with E-state index in [9.17, 15) is 18.0 Å². The number of nitrogens with one attached hydrogen (secondary N) is 3. The number of allylic oxidation sites excluding steroid dienone is 1. The van der Waals surface area contributed by atoms with Gasteiger partial charge in [0.2, 0.25) is 5.91 Å². The lowest BCUT2D eigenvalue weighted by molar-refractivity contribution is -0.123. The molecule has 0 radical (unpaired) electrons. The van der Waals surface area contributed by atoms with Crippen molar-refractivity contribution in [3.05, 3.63) is 95.7 Å². The molecule has 0 saturated heterocycles. The van der Waals surface area contributed by atoms with Crippen molar-refractivity contribution in [3.63, 3.8) is 0 Å². The Kier molecular flexibility index (Phi) is 9.38. The van der Waals surface area contributed by atoms with Gasteiger partial charge in [0, 0.05) is 25.4 Å². The van der Waals surface area contributed by atoms with Crippen LogP contribution >= 0.6 is 0 Å². The number of benzene rings is 3. The quantitative estimate of drug-likeness (QED) is 0.154. The van der Waals surface area contributed by atoms with Gasteiger partial charge in [0.1, 0.15) is 12.4 Å². The largest absolute Gasteiger partial charge is 0.492 e. The molecule has 0 unspecified atom stereocenters. The van der Waals surface area contributed by atoms with E-state index in [4.69, 9.17) is 4.74 Å². The van der Waals surface area contributed by atoms with E-state index in [2.05, 4.69) is 20.8 Å². The number of carbonyl (C=O) groups excluding carboxylic acids is 1. The normalized spacial score (nSPS) is 12.3. The smallest absolute Gasteiger partial charge is 0.393 e. The first kappa shape index (κ1) is 27.9. The number of nitrogens with zero attached hydrogens (tertiary/aromatic N) is 1. The summed E-state index contributed by atoms with van der Waals surface area (Å²) in [7, 11) is 1.62. The highest BCUT2D eigenvalue weighted by molar-refractivity contribution is 6.00. The minimum absolute atomic E-state index is 0.0110. The molecule has 3 aromatic carbocycles. The number of amides is 1. The van der Waals surface area contributed by atoms with E-state index in [0.29, 0.717) is 54.1 Å². The molecular formula is C30H31F3N4O2. The molecule has 0 aliphatic rings. The summed E-state index contributed by atoms with van der Waals surface area (Å²) in [4.78, 5) is 11.3. The second-order valence-corrected chi connectivity index (χ2v) is 9.08. The van der Waals surface area contributed by atoms with Crippen molar-refractivity contribution in [3.8, 4) is 5.75 Å². The molecule has 4 rings (SSSR count). The highest BCUT2D eigenvalue weighted by atomic mass is 19.4. The first-order chi connectivity index (χ1) is 18.8. The Morgan fingerprint density at radius 2 is 1.69 bits per heavy atom. The third kappa shape index (κ3) is 7.94. The van der Waals surface area contributed by atoms with Crippen LogP contribution in [0.15, 0.2) is 79.0 Å². The molecule has 3 N–H and O–H groups in total. The number of hydrogen-bond donors (Lipinski definition) is 3. The Bertz CT molecular complexity index is 1400. The van der Waals surface area contributed by atoms with E-state index >= 15 is 0 Å². The van der Waals surface area contributed by atoms with Gasteiger partial charge in [-0.25, -0.2) is 0 Å². The molecule has 0 fully saturated rings. The Morgan fingerprint density at radius 3 is 2.41 bits per heavy atom. The number of aromatic amines is 1. The molecule has 6 nitrogen and oxygen atoms in total. The zero-order valence-corrected chi connectivity index (χ0v) is 21.6. The molecule has 4 aromatic rings. The second kappa shape index (κ2) is 13.1. The second-order valence-electron chi connectivity index (χ2n) is 9.08. The minimum Gasteiger partial charge on any atom is -0.492 e. The van der Waals surface area contributed by atoms with Gasteiger partial charge < -0.3 is 15.4 Å². The van der Waals surface area contributed by atoms with Crippen molar-refractivity contribution in [2.75, 3.05) is 26.7 Å². The van der Waals surface area contributed by atoms with E-state index in [-0.39, 0.29) is 11.5 Å². The lowest BCUT2D eigenvalue weighted by atomic mass is 9.87. The number of aromatic nitrogens is 2. The summed E-state index contributed by atoms with van der Waals surface area (Å²) in [5.41, 5.74) is 3.34. The van der Waals surface area contributed by atoms with Crippen LogP contribution < -0.4 is 15.4 Å². The maximum Gasteiger partial charge on any atom is 0.393 e. The standard InChI is InChI=1S/C30H31F3N4O2/c1-34-28(38)8-5-15-35-16-17-39-25-12-9-22(10-13-25)29(23-11-14-27-24(18-23)20-36-37-27)26(19-30(31,32)33)21-6-3-2-4-7-21/h2-4,6-7,9-14,18,20,35H,5,8,15-17,19H2,1H3,(H,34,38)(H,36,37)/b29-26+. The molecule has 0 aliphatic carbocycles. The number of fused-ring (bicyclic) bond motifs is 1. The lowest BCUT2D eigenvalue weighted by Crippen LogP contribution is -2.24. The molecule has 9 heteroatoms. The van der Waals surface area contributed by atoms with Crippen molar-refractivity contribution >= 4 is 28.0 Å². The number of hydrogen-bond acceptors (Lipinski definition) is 4. The third-order valence-corrected chi connectivity index (χ3v) is 6.26. The van der Waals surface area contributed by atoms with Gasteiger partial charge in [-0.3, -0.25) is 9.89 Å². The summed E-state index contributed by atoms with van der Waals surface area (Å²) in [6.45, 7) is 1.73. The van der Waals surface area contributed by atoms with Crippen molar-refractivity contribution in [2.24, 2.45) is 0 Å². The molecule has 204 valence electrons. The van der Waals surface area contributed by atoms with Crippen LogP contribution in [-0.2, 0) is 4.79 Å². The van der Waals surface area contributed by atoms with Crippen LogP contribution in [0.25, 0.3) is 22.0 Å². The minimum atomic E-state index is -4.40. The number of ether oxygens (including phenoxy) is 1. The van der Waals surface area contributed by atoms with Gasteiger partial charge in [-0.05, 0) is 65.1 Å². The SMILES string of the molecule is CNC(=O)CCCNCCOc1ccc(/C(=C(/CC(F)(F)F)c2ccccc2)c2ccc3[nH]ncc3c2)cc1. The lowest BCUT2D eigenvalue weighted by Gasteiger charge is -2.19. The van der Waals surface area contributed by atoms with Crippen LogP contribution in [0.2, 0.25) is 0 Å². The topological polar surface area (TPSA) is 79.0 Å². The summed E-state index contributed by atoms with van der Waals surface area (Å²) in [5.74, 6) is 0.629. The fraction of sp³-hybridized carbons (Fsp3) is 0.267. The van der Waals surface area contributed by atoms with Crippen molar-refractivity contribution in [1.29, 1.82) is 0 Å². The van der Waals surface area contributed by atoms with Crippen molar-refractivity contribution in [2.45, 2.75) is 25.4 Å². The van der Waals surface area contributed by atoms with E-state index < -0.39 is 12.6 Å². The number of rotatable bonds is 12. The Labute approximate surface area is 225 Å². The van der Waals surface area contributed by atoms with E-state index in [1.54, 1.807) is 67.8 Å². The monoisotopic (exact) mass is 536 g/mol. The molecule has 0 bridgehead atoms. The van der Waals surface area contributed by atoms with Crippen LogP contribution in [0.3, 0.4) is 0 Å². The van der Waals surface area contributed by atoms with E-state index in [1.807, 2.05) is 18.2 Å². The van der Waals surface area contributed by atoms with Gasteiger partial charge in [-0.15, -0.1) is 0 Å². The first-order valence-corrected chi connectivity index (χ1v) is 12.8. The molecule has 0 atom stereocenters. The average molecular weight is 537 g/mol. The van der Waals surface area contributed by atoms with E-state index in [1.165, 1.54) is 0 Å². The average Bonchev–Trinajstić information content (AvgIpc) is 3.41. The molecule has 0 aliphatic heterocycles. The highest BCUT2D eigenvalue weighted by Crippen LogP contribution is 2.40. The Hall–Kier alpha value is -4.11. The summed E-state index contributed by atoms with van der Waals surface area (Å²) in [6, 6.07) is 21.3. The van der Waals surface area contributed by atoms with Crippen LogP contribution in [-0.4, -0.2) is 49.0 Å². The fourth-order valence-electron chi connectivity index (χ4n) is 4.37. The first-order valence-electron chi connectivity index (χ1n) is 12.8. The number of halogens is 3. The molecular weight excluding hydrogens is 505 g/mol. The van der Waals surface area contributed by atoms with Crippen molar-refractivity contribution < 1.29 is 22.7 Å². The zero-order valence-electron chi connectivity index (χ0n) is 21.6. The molecule has 39 heavy (non-hydrogen) atoms. The highest BCUT2D eigenvalue weighted by Gasteiger charge is 2.31. The molecule has 1 amide bonds. The van der Waals surface area contributed by atoms with Crippen LogP contribution in [0.5, 0.6) is 5.75 Å². The van der Waals surface area contributed by atoms with Gasteiger partial charge in [0.15, 0.2) is 0 Å². The van der Waals surface area contributed by atoms with Crippen molar-refractivity contribution in [1.82, 2.24) is 20.8 Å². The maximum absolute atomic E-state index is 13.9. The molecule has 0 saturated carbocycles. The molecule has 1 heterocycles. The van der Waals surface area contributed by atoms with Gasteiger partial charge >= 0.3 is 6.18 Å². The third-order valence-electron chi connectivity index (χ3n) is 6.26. The number of H-pyrrole nitrogens is 1. The summed E-state index contributed by atoms with van der Waals surface area (Å²) in [5, 5.41) is 13.6. The summed E-state index contributed by atoms with van der Waals surface area (Å²) in [6.07, 6.45) is -2.61. The predicted molar refractivity (Wildman–Crippen MR) is 147 cm³/mol. The van der Waals surface area contributed by atoms with Gasteiger partial charge in [-0.2, -0.15) is 18.3 Å². The van der Waals surface area contributed by atoms with Crippen LogP contribution in [0.4, 0.5) is 13.2 Å². The molecule has 1 aromatic heterocycles. The van der Waals surface area contributed by atoms with E-state index in [0.717, 1.165) is 17.3 Å². The summed E-state index contributed by atoms with van der Waals surface area (Å²) >= 11 is 0. The molecule has 0 spiro atoms.